The zero-order chi connectivity index (χ0) is 14.8. The molecular formula is C14H13BrFNO2S. The average Bonchev–Trinajstić information content (AvgIpc) is 2.35. The Hall–Kier alpha value is -1.40. The van der Waals surface area contributed by atoms with Crippen molar-refractivity contribution in [1.82, 2.24) is 0 Å². The molecule has 6 heteroatoms. The van der Waals surface area contributed by atoms with Crippen molar-refractivity contribution in [2.45, 2.75) is 11.4 Å². The molecule has 0 saturated carbocycles. The van der Waals surface area contributed by atoms with Crippen LogP contribution in [0, 0.1) is 5.82 Å². The van der Waals surface area contributed by atoms with Crippen molar-refractivity contribution in [3.8, 4) is 0 Å². The molecule has 0 saturated heterocycles. The number of anilines is 1. The molecule has 2 aromatic rings. The first-order valence-corrected chi connectivity index (χ1v) is 8.52. The molecular weight excluding hydrogens is 345 g/mol. The van der Waals surface area contributed by atoms with Gasteiger partial charge in [-0.05, 0) is 48.0 Å². The fourth-order valence-corrected chi connectivity index (χ4v) is 2.88. The standard InChI is InChI=1S/C14H13BrFNO2S/c1-20(18,19)14-4-2-13(3-5-14)17-9-10-6-11(15)8-12(16)7-10/h2-8,17H,9H2,1H3. The van der Waals surface area contributed by atoms with Crippen molar-refractivity contribution in [3.05, 3.63) is 58.3 Å². The summed E-state index contributed by atoms with van der Waals surface area (Å²) in [4.78, 5) is 0.275. The number of benzene rings is 2. The first-order valence-electron chi connectivity index (χ1n) is 5.83. The zero-order valence-electron chi connectivity index (χ0n) is 10.7. The number of hydrogen-bond acceptors (Lipinski definition) is 3. The monoisotopic (exact) mass is 357 g/mol. The highest BCUT2D eigenvalue weighted by Crippen LogP contribution is 2.18. The van der Waals surface area contributed by atoms with E-state index in [2.05, 4.69) is 21.2 Å². The van der Waals surface area contributed by atoms with E-state index >= 15 is 0 Å². The Morgan fingerprint density at radius 2 is 1.80 bits per heavy atom. The van der Waals surface area contributed by atoms with Crippen LogP contribution in [-0.2, 0) is 16.4 Å². The maximum atomic E-state index is 13.2. The van der Waals surface area contributed by atoms with Crippen molar-refractivity contribution in [2.75, 3.05) is 11.6 Å². The fraction of sp³-hybridized carbons (Fsp3) is 0.143. The van der Waals surface area contributed by atoms with Crippen LogP contribution in [-0.4, -0.2) is 14.7 Å². The Labute approximate surface area is 125 Å². The smallest absolute Gasteiger partial charge is 0.175 e. The summed E-state index contributed by atoms with van der Waals surface area (Å²) in [6.07, 6.45) is 1.17. The predicted molar refractivity (Wildman–Crippen MR) is 81.0 cm³/mol. The van der Waals surface area contributed by atoms with Gasteiger partial charge in [0.1, 0.15) is 5.82 Å². The Balaban J connectivity index is 2.07. The third-order valence-electron chi connectivity index (χ3n) is 2.70. The minimum atomic E-state index is -3.18. The van der Waals surface area contributed by atoms with Gasteiger partial charge in [-0.25, -0.2) is 12.8 Å². The highest BCUT2D eigenvalue weighted by molar-refractivity contribution is 9.10. The second kappa shape index (κ2) is 5.93. The molecule has 0 heterocycles. The summed E-state index contributed by atoms with van der Waals surface area (Å²) in [5.41, 5.74) is 1.57. The van der Waals surface area contributed by atoms with Crippen LogP contribution in [0.15, 0.2) is 51.8 Å². The molecule has 3 nitrogen and oxygen atoms in total. The van der Waals surface area contributed by atoms with E-state index in [0.29, 0.717) is 11.0 Å². The third kappa shape index (κ3) is 4.05. The molecule has 0 bridgehead atoms. The topological polar surface area (TPSA) is 46.2 Å². The van der Waals surface area contributed by atoms with Gasteiger partial charge in [0.2, 0.25) is 0 Å². The van der Waals surface area contributed by atoms with Crippen LogP contribution < -0.4 is 5.32 Å². The van der Waals surface area contributed by atoms with Gasteiger partial charge in [-0.15, -0.1) is 0 Å². The SMILES string of the molecule is CS(=O)(=O)c1ccc(NCc2cc(F)cc(Br)c2)cc1. The van der Waals surface area contributed by atoms with Crippen molar-refractivity contribution in [3.63, 3.8) is 0 Å². The molecule has 0 aliphatic rings. The Kier molecular flexibility index (Phi) is 4.45. The third-order valence-corrected chi connectivity index (χ3v) is 4.29. The Bertz CT molecular complexity index is 694. The van der Waals surface area contributed by atoms with E-state index in [0.717, 1.165) is 11.3 Å². The van der Waals surface area contributed by atoms with E-state index in [1.54, 1.807) is 24.3 Å². The van der Waals surface area contributed by atoms with Gasteiger partial charge in [0.25, 0.3) is 0 Å². The Morgan fingerprint density at radius 1 is 1.15 bits per heavy atom. The van der Waals surface area contributed by atoms with E-state index < -0.39 is 9.84 Å². The average molecular weight is 358 g/mol. The van der Waals surface area contributed by atoms with Crippen molar-refractivity contribution in [2.24, 2.45) is 0 Å². The van der Waals surface area contributed by atoms with Gasteiger partial charge < -0.3 is 5.32 Å². The predicted octanol–water partition coefficient (Wildman–Crippen LogP) is 3.60. The lowest BCUT2D eigenvalue weighted by atomic mass is 10.2. The van der Waals surface area contributed by atoms with Crippen LogP contribution in [0.4, 0.5) is 10.1 Å². The molecule has 0 aliphatic carbocycles. The molecule has 20 heavy (non-hydrogen) atoms. The van der Waals surface area contributed by atoms with Gasteiger partial charge in [-0.3, -0.25) is 0 Å². The fourth-order valence-electron chi connectivity index (χ4n) is 1.74. The maximum absolute atomic E-state index is 13.2. The molecule has 0 unspecified atom stereocenters. The van der Waals surface area contributed by atoms with Crippen molar-refractivity contribution in [1.29, 1.82) is 0 Å². The van der Waals surface area contributed by atoms with E-state index in [1.165, 1.54) is 18.4 Å². The number of sulfone groups is 1. The summed E-state index contributed by atoms with van der Waals surface area (Å²) in [7, 11) is -3.18. The molecule has 0 spiro atoms. The minimum absolute atomic E-state index is 0.275. The lowest BCUT2D eigenvalue weighted by Crippen LogP contribution is -2.01. The minimum Gasteiger partial charge on any atom is -0.381 e. The molecule has 0 fully saturated rings. The molecule has 2 aromatic carbocycles. The molecule has 0 radical (unpaired) electrons. The molecule has 0 amide bonds. The van der Waals surface area contributed by atoms with Crippen LogP contribution in [0.3, 0.4) is 0 Å². The van der Waals surface area contributed by atoms with E-state index in [4.69, 9.17) is 0 Å². The normalized spacial score (nSPS) is 11.3. The first kappa shape index (κ1) is 15.0. The van der Waals surface area contributed by atoms with E-state index in [-0.39, 0.29) is 10.7 Å². The largest absolute Gasteiger partial charge is 0.381 e. The van der Waals surface area contributed by atoms with Crippen molar-refractivity contribution >= 4 is 31.5 Å². The highest BCUT2D eigenvalue weighted by Gasteiger charge is 2.06. The number of halogens is 2. The second-order valence-corrected chi connectivity index (χ2v) is 7.36. The molecule has 0 atom stereocenters. The lowest BCUT2D eigenvalue weighted by molar-refractivity contribution is 0.602. The van der Waals surface area contributed by atoms with Gasteiger partial charge in [0, 0.05) is 23.0 Å². The molecule has 1 N–H and O–H groups in total. The summed E-state index contributed by atoms with van der Waals surface area (Å²) in [6.45, 7) is 0.453. The summed E-state index contributed by atoms with van der Waals surface area (Å²) >= 11 is 3.24. The molecule has 0 aliphatic heterocycles. The first-order chi connectivity index (χ1) is 9.34. The summed E-state index contributed by atoms with van der Waals surface area (Å²) < 4.78 is 36.6. The van der Waals surface area contributed by atoms with Gasteiger partial charge >= 0.3 is 0 Å². The van der Waals surface area contributed by atoms with Gasteiger partial charge in [-0.2, -0.15) is 0 Å². The van der Waals surface area contributed by atoms with Gasteiger partial charge in [0.15, 0.2) is 9.84 Å². The molecule has 106 valence electrons. The van der Waals surface area contributed by atoms with Crippen LogP contribution in [0.25, 0.3) is 0 Å². The lowest BCUT2D eigenvalue weighted by Gasteiger charge is -2.08. The number of nitrogens with one attached hydrogen (secondary N) is 1. The zero-order valence-corrected chi connectivity index (χ0v) is 13.1. The van der Waals surface area contributed by atoms with E-state index in [9.17, 15) is 12.8 Å². The summed E-state index contributed by atoms with van der Waals surface area (Å²) in [5.74, 6) is -0.302. The van der Waals surface area contributed by atoms with Gasteiger partial charge in [0.05, 0.1) is 4.90 Å². The number of rotatable bonds is 4. The number of hydrogen-bond donors (Lipinski definition) is 1. The van der Waals surface area contributed by atoms with Crippen LogP contribution in [0.5, 0.6) is 0 Å². The maximum Gasteiger partial charge on any atom is 0.175 e. The summed E-state index contributed by atoms with van der Waals surface area (Å²) in [6, 6.07) is 11.1. The van der Waals surface area contributed by atoms with Crippen molar-refractivity contribution < 1.29 is 12.8 Å². The molecule has 0 aromatic heterocycles. The van der Waals surface area contributed by atoms with Crippen LogP contribution >= 0.6 is 15.9 Å². The highest BCUT2D eigenvalue weighted by atomic mass is 79.9. The Morgan fingerprint density at radius 3 is 2.35 bits per heavy atom. The van der Waals surface area contributed by atoms with Gasteiger partial charge in [-0.1, -0.05) is 15.9 Å². The summed E-state index contributed by atoms with van der Waals surface area (Å²) in [5, 5.41) is 3.11. The van der Waals surface area contributed by atoms with Crippen LogP contribution in [0.2, 0.25) is 0 Å². The second-order valence-electron chi connectivity index (χ2n) is 4.43. The van der Waals surface area contributed by atoms with Crippen LogP contribution in [0.1, 0.15) is 5.56 Å². The van der Waals surface area contributed by atoms with E-state index in [1.807, 2.05) is 6.07 Å². The quantitative estimate of drug-likeness (QED) is 0.908. The molecule has 2 rings (SSSR count).